The van der Waals surface area contributed by atoms with Crippen molar-refractivity contribution in [3.8, 4) is 5.75 Å². The van der Waals surface area contributed by atoms with Crippen molar-refractivity contribution in [2.75, 3.05) is 39.8 Å². The molecular weight excluding hydrogens is 290 g/mol. The van der Waals surface area contributed by atoms with Crippen molar-refractivity contribution >= 4 is 5.91 Å². The van der Waals surface area contributed by atoms with Gasteiger partial charge in [-0.05, 0) is 18.9 Å². The van der Waals surface area contributed by atoms with Crippen molar-refractivity contribution in [3.05, 3.63) is 29.8 Å². The van der Waals surface area contributed by atoms with Crippen LogP contribution >= 0.6 is 0 Å². The Hall–Kier alpha value is -1.59. The molecule has 0 spiro atoms. The molecule has 1 aliphatic carbocycles. The number of hydrogen-bond acceptors (Lipinski definition) is 4. The second kappa shape index (κ2) is 7.79. The van der Waals surface area contributed by atoms with Gasteiger partial charge >= 0.3 is 0 Å². The highest BCUT2D eigenvalue weighted by Gasteiger charge is 2.30. The van der Waals surface area contributed by atoms with E-state index in [1.54, 1.807) is 7.11 Å². The minimum Gasteiger partial charge on any atom is -0.496 e. The maximum absolute atomic E-state index is 12.4. The summed E-state index contributed by atoms with van der Waals surface area (Å²) in [6, 6.07) is 8.81. The van der Waals surface area contributed by atoms with Gasteiger partial charge in [0.05, 0.1) is 7.11 Å². The number of piperazine rings is 1. The molecule has 1 aromatic rings. The molecular formula is C18H27N3O2. The van der Waals surface area contributed by atoms with Crippen molar-refractivity contribution in [1.82, 2.24) is 15.1 Å². The average molecular weight is 317 g/mol. The summed E-state index contributed by atoms with van der Waals surface area (Å²) in [7, 11) is 1.72. The number of nitrogens with one attached hydrogen (secondary N) is 1. The maximum atomic E-state index is 12.4. The SMILES string of the molecule is COc1ccccc1CN(CCC(=O)N1CCNCC1)C1CC1. The lowest BCUT2D eigenvalue weighted by atomic mass is 10.1. The molecule has 0 aromatic heterocycles. The van der Waals surface area contributed by atoms with Crippen LogP contribution in [0, 0.1) is 0 Å². The highest BCUT2D eigenvalue weighted by molar-refractivity contribution is 5.76. The van der Waals surface area contributed by atoms with Crippen molar-refractivity contribution < 1.29 is 9.53 Å². The first kappa shape index (κ1) is 16.3. The van der Waals surface area contributed by atoms with Crippen LogP contribution in [-0.4, -0.2) is 61.6 Å². The number of para-hydroxylation sites is 1. The van der Waals surface area contributed by atoms with E-state index < -0.39 is 0 Å². The van der Waals surface area contributed by atoms with Gasteiger partial charge in [0.2, 0.25) is 5.91 Å². The molecule has 23 heavy (non-hydrogen) atoms. The fourth-order valence-corrected chi connectivity index (χ4v) is 3.19. The van der Waals surface area contributed by atoms with Crippen LogP contribution in [0.25, 0.3) is 0 Å². The average Bonchev–Trinajstić information content (AvgIpc) is 3.44. The van der Waals surface area contributed by atoms with Gasteiger partial charge in [-0.3, -0.25) is 9.69 Å². The first-order valence-corrected chi connectivity index (χ1v) is 8.62. The molecule has 126 valence electrons. The fraction of sp³-hybridized carbons (Fsp3) is 0.611. The van der Waals surface area contributed by atoms with Gasteiger partial charge in [0, 0.05) is 57.3 Å². The number of methoxy groups -OCH3 is 1. The van der Waals surface area contributed by atoms with Gasteiger partial charge in [-0.25, -0.2) is 0 Å². The largest absolute Gasteiger partial charge is 0.496 e. The number of ether oxygens (including phenoxy) is 1. The van der Waals surface area contributed by atoms with Gasteiger partial charge in [-0.1, -0.05) is 18.2 Å². The number of carbonyl (C=O) groups is 1. The Bertz CT molecular complexity index is 525. The third kappa shape index (κ3) is 4.45. The van der Waals surface area contributed by atoms with Gasteiger partial charge in [-0.2, -0.15) is 0 Å². The van der Waals surface area contributed by atoms with Crippen molar-refractivity contribution in [3.63, 3.8) is 0 Å². The highest BCUT2D eigenvalue weighted by atomic mass is 16.5. The second-order valence-corrected chi connectivity index (χ2v) is 6.39. The van der Waals surface area contributed by atoms with Crippen LogP contribution in [0.15, 0.2) is 24.3 Å². The molecule has 1 amide bonds. The van der Waals surface area contributed by atoms with E-state index in [0.717, 1.165) is 45.0 Å². The summed E-state index contributed by atoms with van der Waals surface area (Å²) >= 11 is 0. The Morgan fingerprint density at radius 3 is 2.74 bits per heavy atom. The Morgan fingerprint density at radius 1 is 1.30 bits per heavy atom. The Labute approximate surface area is 138 Å². The van der Waals surface area contributed by atoms with Gasteiger partial charge in [0.15, 0.2) is 0 Å². The maximum Gasteiger partial charge on any atom is 0.223 e. The third-order valence-electron chi connectivity index (χ3n) is 4.71. The zero-order valence-corrected chi connectivity index (χ0v) is 14.0. The normalized spacial score (nSPS) is 18.3. The molecule has 1 saturated heterocycles. The smallest absolute Gasteiger partial charge is 0.223 e. The summed E-state index contributed by atoms with van der Waals surface area (Å²) < 4.78 is 5.46. The summed E-state index contributed by atoms with van der Waals surface area (Å²) in [4.78, 5) is 16.8. The summed E-state index contributed by atoms with van der Waals surface area (Å²) in [5, 5.41) is 3.29. The van der Waals surface area contributed by atoms with E-state index >= 15 is 0 Å². The molecule has 1 N–H and O–H groups in total. The lowest BCUT2D eigenvalue weighted by molar-refractivity contribution is -0.132. The number of carbonyl (C=O) groups excluding carboxylic acids is 1. The highest BCUT2D eigenvalue weighted by Crippen LogP contribution is 2.30. The van der Waals surface area contributed by atoms with E-state index in [9.17, 15) is 4.79 Å². The lowest BCUT2D eigenvalue weighted by Gasteiger charge is -2.29. The molecule has 2 aliphatic rings. The van der Waals surface area contributed by atoms with Gasteiger partial charge in [0.25, 0.3) is 0 Å². The standard InChI is InChI=1S/C18H27N3O2/c1-23-17-5-3-2-4-15(17)14-21(16-6-7-16)11-8-18(22)20-12-9-19-10-13-20/h2-5,16,19H,6-14H2,1H3. The Morgan fingerprint density at radius 2 is 2.04 bits per heavy atom. The molecule has 0 unspecified atom stereocenters. The first-order valence-electron chi connectivity index (χ1n) is 8.62. The van der Waals surface area contributed by atoms with E-state index in [1.807, 2.05) is 17.0 Å². The molecule has 0 radical (unpaired) electrons. The first-order chi connectivity index (χ1) is 11.3. The zero-order valence-electron chi connectivity index (χ0n) is 14.0. The van der Waals surface area contributed by atoms with Crippen LogP contribution in [0.5, 0.6) is 5.75 Å². The molecule has 5 heteroatoms. The molecule has 1 aromatic carbocycles. The van der Waals surface area contributed by atoms with E-state index in [4.69, 9.17) is 4.74 Å². The van der Waals surface area contributed by atoms with Crippen LogP contribution in [0.1, 0.15) is 24.8 Å². The topological polar surface area (TPSA) is 44.8 Å². The Kier molecular flexibility index (Phi) is 5.51. The summed E-state index contributed by atoms with van der Waals surface area (Å²) in [6.45, 7) is 5.22. The van der Waals surface area contributed by atoms with E-state index in [-0.39, 0.29) is 5.91 Å². The van der Waals surface area contributed by atoms with Crippen LogP contribution in [-0.2, 0) is 11.3 Å². The van der Waals surface area contributed by atoms with Crippen LogP contribution in [0.4, 0.5) is 0 Å². The van der Waals surface area contributed by atoms with Crippen LogP contribution < -0.4 is 10.1 Å². The molecule has 1 heterocycles. The number of benzene rings is 1. The van der Waals surface area contributed by atoms with E-state index in [1.165, 1.54) is 18.4 Å². The predicted octanol–water partition coefficient (Wildman–Crippen LogP) is 1.48. The molecule has 0 atom stereocenters. The van der Waals surface area contributed by atoms with E-state index in [2.05, 4.69) is 22.3 Å². The van der Waals surface area contributed by atoms with Gasteiger partial charge in [-0.15, -0.1) is 0 Å². The minimum atomic E-state index is 0.289. The number of nitrogens with zero attached hydrogens (tertiary/aromatic N) is 2. The summed E-state index contributed by atoms with van der Waals surface area (Å²) in [5.41, 5.74) is 1.21. The minimum absolute atomic E-state index is 0.289. The third-order valence-corrected chi connectivity index (χ3v) is 4.71. The van der Waals surface area contributed by atoms with E-state index in [0.29, 0.717) is 12.5 Å². The molecule has 0 bridgehead atoms. The molecule has 1 saturated carbocycles. The lowest BCUT2D eigenvalue weighted by Crippen LogP contribution is -2.47. The van der Waals surface area contributed by atoms with Gasteiger partial charge in [0.1, 0.15) is 5.75 Å². The predicted molar refractivity (Wildman–Crippen MR) is 90.5 cm³/mol. The number of rotatable bonds is 7. The monoisotopic (exact) mass is 317 g/mol. The molecule has 3 rings (SSSR count). The number of amides is 1. The number of hydrogen-bond donors (Lipinski definition) is 1. The van der Waals surface area contributed by atoms with Crippen molar-refractivity contribution in [2.45, 2.75) is 31.8 Å². The van der Waals surface area contributed by atoms with Crippen molar-refractivity contribution in [1.29, 1.82) is 0 Å². The Balaban J connectivity index is 1.55. The zero-order chi connectivity index (χ0) is 16.1. The summed E-state index contributed by atoms with van der Waals surface area (Å²) in [6.07, 6.45) is 3.11. The second-order valence-electron chi connectivity index (χ2n) is 6.39. The van der Waals surface area contributed by atoms with Crippen LogP contribution in [0.3, 0.4) is 0 Å². The molecule has 2 fully saturated rings. The van der Waals surface area contributed by atoms with Crippen LogP contribution in [0.2, 0.25) is 0 Å². The van der Waals surface area contributed by atoms with Gasteiger partial charge < -0.3 is 15.0 Å². The summed E-state index contributed by atoms with van der Waals surface area (Å²) in [5.74, 6) is 1.23. The molecule has 1 aliphatic heterocycles. The quantitative estimate of drug-likeness (QED) is 0.827. The molecule has 5 nitrogen and oxygen atoms in total. The fourth-order valence-electron chi connectivity index (χ4n) is 3.19. The van der Waals surface area contributed by atoms with Crippen molar-refractivity contribution in [2.24, 2.45) is 0 Å².